The first-order valence-corrected chi connectivity index (χ1v) is 9.22. The van der Waals surface area contributed by atoms with E-state index in [1.807, 2.05) is 24.5 Å². The smallest absolute Gasteiger partial charge is 0.330 e. The number of anilines is 2. The number of aromatic nitrogens is 1. The lowest BCUT2D eigenvalue weighted by Crippen LogP contribution is -2.46. The second-order valence-corrected chi connectivity index (χ2v) is 6.14. The molecule has 2 aromatic rings. The summed E-state index contributed by atoms with van der Waals surface area (Å²) in [5.41, 5.74) is 2.42. The van der Waals surface area contributed by atoms with E-state index in [0.29, 0.717) is 13.2 Å². The molecule has 0 N–H and O–H groups in total. The minimum atomic E-state index is -0.345. The molecule has 6 heteroatoms. The highest BCUT2D eigenvalue weighted by atomic mass is 16.5. The van der Waals surface area contributed by atoms with Crippen molar-refractivity contribution >= 4 is 17.3 Å². The van der Waals surface area contributed by atoms with E-state index in [9.17, 15) is 4.79 Å². The van der Waals surface area contributed by atoms with Crippen LogP contribution < -0.4 is 14.5 Å². The number of rotatable bonds is 7. The molecule has 0 bridgehead atoms. The predicted octanol–water partition coefficient (Wildman–Crippen LogP) is 2.91. The van der Waals surface area contributed by atoms with Crippen molar-refractivity contribution in [1.82, 2.24) is 4.98 Å². The SMILES string of the molecule is CCOC(=O)/C=C/COc1ccc(N2CCN(c3ccncc3)CC2)cc1. The summed E-state index contributed by atoms with van der Waals surface area (Å²) in [4.78, 5) is 20.0. The number of hydrogen-bond donors (Lipinski definition) is 0. The fourth-order valence-electron chi connectivity index (χ4n) is 3.01. The number of carbonyl (C=O) groups excluding carboxylic acids is 1. The molecule has 1 saturated heterocycles. The Morgan fingerprint density at radius 1 is 1.00 bits per heavy atom. The monoisotopic (exact) mass is 367 g/mol. The molecule has 1 aromatic carbocycles. The van der Waals surface area contributed by atoms with Crippen molar-refractivity contribution in [2.45, 2.75) is 6.92 Å². The standard InChI is InChI=1S/C21H25N3O3/c1-2-26-21(25)4-3-17-27-20-7-5-18(6-8-20)23-13-15-24(16-14-23)19-9-11-22-12-10-19/h3-12H,2,13-17H2,1H3/b4-3+. The molecule has 1 aromatic heterocycles. The van der Waals surface area contributed by atoms with Crippen LogP contribution in [0.4, 0.5) is 11.4 Å². The van der Waals surface area contributed by atoms with Gasteiger partial charge in [-0.3, -0.25) is 4.98 Å². The summed E-state index contributed by atoms with van der Waals surface area (Å²) in [5, 5.41) is 0. The Hall–Kier alpha value is -3.02. The van der Waals surface area contributed by atoms with E-state index in [1.165, 1.54) is 17.5 Å². The number of hydrogen-bond acceptors (Lipinski definition) is 6. The van der Waals surface area contributed by atoms with E-state index in [4.69, 9.17) is 9.47 Å². The molecule has 27 heavy (non-hydrogen) atoms. The zero-order valence-corrected chi connectivity index (χ0v) is 15.6. The number of piperazine rings is 1. The number of esters is 1. The molecule has 142 valence electrons. The minimum Gasteiger partial charge on any atom is -0.490 e. The molecule has 0 amide bonds. The third-order valence-electron chi connectivity index (χ3n) is 4.40. The van der Waals surface area contributed by atoms with Crippen molar-refractivity contribution in [1.29, 1.82) is 0 Å². The highest BCUT2D eigenvalue weighted by molar-refractivity contribution is 5.81. The van der Waals surface area contributed by atoms with Gasteiger partial charge in [-0.1, -0.05) is 0 Å². The van der Waals surface area contributed by atoms with E-state index in [2.05, 4.69) is 39.0 Å². The van der Waals surface area contributed by atoms with Crippen LogP contribution in [0.2, 0.25) is 0 Å². The molecule has 2 heterocycles. The van der Waals surface area contributed by atoms with Gasteiger partial charge in [-0.05, 0) is 49.4 Å². The predicted molar refractivity (Wildman–Crippen MR) is 106 cm³/mol. The lowest BCUT2D eigenvalue weighted by molar-refractivity contribution is -0.137. The highest BCUT2D eigenvalue weighted by Crippen LogP contribution is 2.22. The molecule has 0 unspecified atom stereocenters. The van der Waals surface area contributed by atoms with Gasteiger partial charge in [0.05, 0.1) is 6.61 Å². The summed E-state index contributed by atoms with van der Waals surface area (Å²) in [7, 11) is 0. The first-order valence-electron chi connectivity index (χ1n) is 9.22. The Morgan fingerprint density at radius 2 is 1.59 bits per heavy atom. The summed E-state index contributed by atoms with van der Waals surface area (Å²) in [6.45, 7) is 6.42. The summed E-state index contributed by atoms with van der Waals surface area (Å²) in [5.74, 6) is 0.435. The maximum Gasteiger partial charge on any atom is 0.330 e. The maximum atomic E-state index is 11.2. The van der Waals surface area contributed by atoms with Gasteiger partial charge in [0, 0.05) is 56.0 Å². The van der Waals surface area contributed by atoms with Crippen molar-refractivity contribution in [3.63, 3.8) is 0 Å². The Kier molecular flexibility index (Phi) is 6.68. The summed E-state index contributed by atoms with van der Waals surface area (Å²) >= 11 is 0. The molecule has 6 nitrogen and oxygen atoms in total. The van der Waals surface area contributed by atoms with Crippen LogP contribution >= 0.6 is 0 Å². The fraction of sp³-hybridized carbons (Fsp3) is 0.333. The third kappa shape index (κ3) is 5.48. The summed E-state index contributed by atoms with van der Waals surface area (Å²) in [6, 6.07) is 12.2. The number of carbonyl (C=O) groups is 1. The van der Waals surface area contributed by atoms with Crippen molar-refractivity contribution in [2.24, 2.45) is 0 Å². The van der Waals surface area contributed by atoms with Gasteiger partial charge in [0.1, 0.15) is 12.4 Å². The van der Waals surface area contributed by atoms with Crippen molar-refractivity contribution in [3.8, 4) is 5.75 Å². The molecule has 0 spiro atoms. The van der Waals surface area contributed by atoms with Crippen LogP contribution in [0.25, 0.3) is 0 Å². The molecule has 0 radical (unpaired) electrons. The maximum absolute atomic E-state index is 11.2. The normalized spacial score (nSPS) is 14.4. The van der Waals surface area contributed by atoms with Gasteiger partial charge < -0.3 is 19.3 Å². The average molecular weight is 367 g/mol. The van der Waals surface area contributed by atoms with Crippen molar-refractivity contribution in [2.75, 3.05) is 49.2 Å². The Balaban J connectivity index is 1.46. The number of pyridine rings is 1. The van der Waals surface area contributed by atoms with E-state index in [1.54, 1.807) is 13.0 Å². The van der Waals surface area contributed by atoms with E-state index < -0.39 is 0 Å². The number of ether oxygens (including phenoxy) is 2. The van der Waals surface area contributed by atoms with Crippen LogP contribution in [-0.2, 0) is 9.53 Å². The second kappa shape index (κ2) is 9.62. The minimum absolute atomic E-state index is 0.336. The van der Waals surface area contributed by atoms with Crippen LogP contribution in [0, 0.1) is 0 Å². The lowest BCUT2D eigenvalue weighted by atomic mass is 10.2. The van der Waals surface area contributed by atoms with Crippen molar-refractivity contribution < 1.29 is 14.3 Å². The zero-order chi connectivity index (χ0) is 18.9. The zero-order valence-electron chi connectivity index (χ0n) is 15.6. The Labute approximate surface area is 160 Å². The molecule has 1 aliphatic rings. The topological polar surface area (TPSA) is 54.9 Å². The van der Waals surface area contributed by atoms with Gasteiger partial charge in [-0.2, -0.15) is 0 Å². The van der Waals surface area contributed by atoms with Crippen LogP contribution in [0.1, 0.15) is 6.92 Å². The second-order valence-electron chi connectivity index (χ2n) is 6.14. The molecule has 3 rings (SSSR count). The molecule has 1 fully saturated rings. The van der Waals surface area contributed by atoms with Crippen LogP contribution in [0.3, 0.4) is 0 Å². The first-order chi connectivity index (χ1) is 13.3. The van der Waals surface area contributed by atoms with Gasteiger partial charge in [-0.15, -0.1) is 0 Å². The van der Waals surface area contributed by atoms with E-state index in [0.717, 1.165) is 31.9 Å². The van der Waals surface area contributed by atoms with Gasteiger partial charge in [0.2, 0.25) is 0 Å². The summed E-state index contributed by atoms with van der Waals surface area (Å²) < 4.78 is 10.4. The molecule has 1 aliphatic heterocycles. The van der Waals surface area contributed by atoms with E-state index in [-0.39, 0.29) is 5.97 Å². The molecule has 0 saturated carbocycles. The number of nitrogens with zero attached hydrogens (tertiary/aromatic N) is 3. The molecular weight excluding hydrogens is 342 g/mol. The Bertz CT molecular complexity index is 739. The molecule has 0 aliphatic carbocycles. The summed E-state index contributed by atoms with van der Waals surface area (Å²) in [6.07, 6.45) is 6.72. The molecule has 0 atom stereocenters. The van der Waals surface area contributed by atoms with E-state index >= 15 is 0 Å². The quantitative estimate of drug-likeness (QED) is 0.554. The molecular formula is C21H25N3O3. The fourth-order valence-corrected chi connectivity index (χ4v) is 3.01. The van der Waals surface area contributed by atoms with Crippen LogP contribution in [0.15, 0.2) is 60.9 Å². The third-order valence-corrected chi connectivity index (χ3v) is 4.40. The average Bonchev–Trinajstić information content (AvgIpc) is 2.73. The van der Waals surface area contributed by atoms with Crippen LogP contribution in [0.5, 0.6) is 5.75 Å². The van der Waals surface area contributed by atoms with Crippen LogP contribution in [-0.4, -0.2) is 50.3 Å². The van der Waals surface area contributed by atoms with Gasteiger partial charge >= 0.3 is 5.97 Å². The van der Waals surface area contributed by atoms with Gasteiger partial charge in [-0.25, -0.2) is 4.79 Å². The first kappa shape index (κ1) is 18.8. The number of benzene rings is 1. The Morgan fingerprint density at radius 3 is 2.19 bits per heavy atom. The largest absolute Gasteiger partial charge is 0.490 e. The van der Waals surface area contributed by atoms with Gasteiger partial charge in [0.15, 0.2) is 0 Å². The highest BCUT2D eigenvalue weighted by Gasteiger charge is 2.17. The lowest BCUT2D eigenvalue weighted by Gasteiger charge is -2.37. The van der Waals surface area contributed by atoms with Crippen molar-refractivity contribution in [3.05, 3.63) is 60.9 Å². The van der Waals surface area contributed by atoms with Gasteiger partial charge in [0.25, 0.3) is 0 Å².